The van der Waals surface area contributed by atoms with Crippen molar-refractivity contribution in [1.82, 2.24) is 10.6 Å². The molecule has 0 bridgehead atoms. The summed E-state index contributed by atoms with van der Waals surface area (Å²) in [6.07, 6.45) is 7.46. The number of rotatable bonds is 7. The van der Waals surface area contributed by atoms with Gasteiger partial charge in [-0.1, -0.05) is 37.8 Å². The Morgan fingerprint density at radius 1 is 1.00 bits per heavy atom. The van der Waals surface area contributed by atoms with Gasteiger partial charge < -0.3 is 15.7 Å². The van der Waals surface area contributed by atoms with Crippen molar-refractivity contribution in [3.63, 3.8) is 0 Å². The zero-order chi connectivity index (χ0) is 19.3. The predicted molar refractivity (Wildman–Crippen MR) is 101 cm³/mol. The predicted octanol–water partition coefficient (Wildman–Crippen LogP) is 3.01. The molecule has 6 nitrogen and oxygen atoms in total. The molecule has 0 radical (unpaired) electrons. The van der Waals surface area contributed by atoms with Crippen LogP contribution in [-0.2, 0) is 16.1 Å². The normalized spacial score (nSPS) is 19.0. The molecule has 0 aromatic heterocycles. The fourth-order valence-electron chi connectivity index (χ4n) is 4.30. The Kier molecular flexibility index (Phi) is 6.14. The van der Waals surface area contributed by atoms with Gasteiger partial charge in [-0.2, -0.15) is 0 Å². The van der Waals surface area contributed by atoms with Crippen LogP contribution in [0.15, 0.2) is 24.3 Å². The van der Waals surface area contributed by atoms with Crippen molar-refractivity contribution in [2.45, 2.75) is 69.9 Å². The van der Waals surface area contributed by atoms with Crippen molar-refractivity contribution < 1.29 is 19.5 Å². The van der Waals surface area contributed by atoms with Crippen molar-refractivity contribution in [1.29, 1.82) is 0 Å². The number of amides is 2. The first-order valence-corrected chi connectivity index (χ1v) is 9.88. The summed E-state index contributed by atoms with van der Waals surface area (Å²) in [6.45, 7) is 0.459. The summed E-state index contributed by atoms with van der Waals surface area (Å²) in [6, 6.07) is 7.14. The van der Waals surface area contributed by atoms with E-state index in [0.29, 0.717) is 24.9 Å². The molecule has 1 aromatic rings. The van der Waals surface area contributed by atoms with Crippen LogP contribution in [-0.4, -0.2) is 28.4 Å². The van der Waals surface area contributed by atoms with Crippen LogP contribution in [0.5, 0.6) is 0 Å². The van der Waals surface area contributed by atoms with E-state index in [1.165, 1.54) is 0 Å². The average molecular weight is 372 g/mol. The van der Waals surface area contributed by atoms with Crippen LogP contribution < -0.4 is 10.6 Å². The van der Waals surface area contributed by atoms with E-state index < -0.39 is 11.5 Å². The number of hydrogen-bond donors (Lipinski definition) is 3. The minimum Gasteiger partial charge on any atom is -0.481 e. The van der Waals surface area contributed by atoms with E-state index in [0.717, 1.165) is 44.1 Å². The molecular weight excluding hydrogens is 344 g/mol. The van der Waals surface area contributed by atoms with Crippen molar-refractivity contribution in [3.8, 4) is 0 Å². The molecule has 2 aliphatic rings. The molecule has 3 rings (SSSR count). The molecule has 146 valence electrons. The van der Waals surface area contributed by atoms with E-state index in [9.17, 15) is 14.4 Å². The molecule has 2 fully saturated rings. The molecule has 2 amide bonds. The third kappa shape index (κ3) is 5.08. The Morgan fingerprint density at radius 2 is 1.63 bits per heavy atom. The Balaban J connectivity index is 1.55. The summed E-state index contributed by atoms with van der Waals surface area (Å²) >= 11 is 0. The summed E-state index contributed by atoms with van der Waals surface area (Å²) in [5, 5.41) is 15.1. The number of carboxylic acid groups (broad SMARTS) is 1. The average Bonchev–Trinajstić information content (AvgIpc) is 3.32. The van der Waals surface area contributed by atoms with Crippen LogP contribution in [0.25, 0.3) is 0 Å². The van der Waals surface area contributed by atoms with Crippen LogP contribution in [0.2, 0.25) is 0 Å². The summed E-state index contributed by atoms with van der Waals surface area (Å²) in [5.74, 6) is -0.858. The lowest BCUT2D eigenvalue weighted by molar-refractivity contribution is -0.138. The maximum absolute atomic E-state index is 12.6. The maximum Gasteiger partial charge on any atom is 0.305 e. The second-order valence-corrected chi connectivity index (χ2v) is 7.91. The summed E-state index contributed by atoms with van der Waals surface area (Å²) < 4.78 is 0. The van der Waals surface area contributed by atoms with Crippen LogP contribution in [0.1, 0.15) is 73.7 Å². The van der Waals surface area contributed by atoms with E-state index >= 15 is 0 Å². The minimum atomic E-state index is -0.884. The minimum absolute atomic E-state index is 0.0377. The van der Waals surface area contributed by atoms with E-state index in [1.54, 1.807) is 12.1 Å². The lowest BCUT2D eigenvalue weighted by Crippen LogP contribution is -2.47. The lowest BCUT2D eigenvalue weighted by Gasteiger charge is -2.28. The standard InChI is InChI=1S/C21H28N2O4/c24-18(25)13-21(11-3-4-12-21)23-20(27)17-9-7-15(8-10-17)14-22-19(26)16-5-1-2-6-16/h7-10,16H,1-6,11-14H2,(H,22,26)(H,23,27)(H,24,25). The van der Waals surface area contributed by atoms with Gasteiger partial charge in [0.1, 0.15) is 0 Å². The van der Waals surface area contributed by atoms with Crippen molar-refractivity contribution in [2.75, 3.05) is 0 Å². The molecule has 2 saturated carbocycles. The second-order valence-electron chi connectivity index (χ2n) is 7.91. The first kappa shape index (κ1) is 19.4. The highest BCUT2D eigenvalue weighted by Crippen LogP contribution is 2.33. The van der Waals surface area contributed by atoms with E-state index in [-0.39, 0.29) is 24.2 Å². The highest BCUT2D eigenvalue weighted by Gasteiger charge is 2.37. The Morgan fingerprint density at radius 3 is 2.22 bits per heavy atom. The zero-order valence-corrected chi connectivity index (χ0v) is 15.6. The Bertz CT molecular complexity index is 687. The molecule has 0 atom stereocenters. The van der Waals surface area contributed by atoms with Crippen LogP contribution in [0.3, 0.4) is 0 Å². The highest BCUT2D eigenvalue weighted by molar-refractivity contribution is 5.95. The molecule has 0 aliphatic heterocycles. The van der Waals surface area contributed by atoms with Gasteiger partial charge in [0.25, 0.3) is 5.91 Å². The summed E-state index contributed by atoms with van der Waals surface area (Å²) in [7, 11) is 0. The van der Waals surface area contributed by atoms with Gasteiger partial charge in [-0.25, -0.2) is 0 Å². The Hall–Kier alpha value is -2.37. The number of carbonyl (C=O) groups is 3. The van der Waals surface area contributed by atoms with Gasteiger partial charge in [-0.3, -0.25) is 14.4 Å². The van der Waals surface area contributed by atoms with Gasteiger partial charge in [0.15, 0.2) is 0 Å². The first-order chi connectivity index (χ1) is 13.0. The third-order valence-electron chi connectivity index (χ3n) is 5.84. The smallest absolute Gasteiger partial charge is 0.305 e. The molecule has 27 heavy (non-hydrogen) atoms. The van der Waals surface area contributed by atoms with Crippen LogP contribution in [0, 0.1) is 5.92 Å². The molecule has 6 heteroatoms. The van der Waals surface area contributed by atoms with Crippen LogP contribution >= 0.6 is 0 Å². The molecule has 0 heterocycles. The molecule has 0 spiro atoms. The van der Waals surface area contributed by atoms with Crippen molar-refractivity contribution in [3.05, 3.63) is 35.4 Å². The maximum atomic E-state index is 12.6. The Labute approximate surface area is 159 Å². The van der Waals surface area contributed by atoms with E-state index in [4.69, 9.17) is 5.11 Å². The molecule has 0 saturated heterocycles. The van der Waals surface area contributed by atoms with Crippen LogP contribution in [0.4, 0.5) is 0 Å². The zero-order valence-electron chi connectivity index (χ0n) is 15.6. The molecule has 0 unspecified atom stereocenters. The highest BCUT2D eigenvalue weighted by atomic mass is 16.4. The fourth-order valence-corrected chi connectivity index (χ4v) is 4.30. The monoisotopic (exact) mass is 372 g/mol. The molecule has 2 aliphatic carbocycles. The van der Waals surface area contributed by atoms with E-state index in [2.05, 4.69) is 10.6 Å². The van der Waals surface area contributed by atoms with Gasteiger partial charge in [0.2, 0.25) is 5.91 Å². The molecule has 1 aromatic carbocycles. The molecular formula is C21H28N2O4. The summed E-state index contributed by atoms with van der Waals surface area (Å²) in [5.41, 5.74) is 0.827. The van der Waals surface area contributed by atoms with Gasteiger partial charge in [-0.15, -0.1) is 0 Å². The van der Waals surface area contributed by atoms with Gasteiger partial charge in [0, 0.05) is 18.0 Å². The quantitative estimate of drug-likeness (QED) is 0.685. The topological polar surface area (TPSA) is 95.5 Å². The number of aliphatic carboxylic acids is 1. The second kappa shape index (κ2) is 8.55. The largest absolute Gasteiger partial charge is 0.481 e. The number of benzene rings is 1. The third-order valence-corrected chi connectivity index (χ3v) is 5.84. The van der Waals surface area contributed by atoms with Gasteiger partial charge >= 0.3 is 5.97 Å². The lowest BCUT2D eigenvalue weighted by atomic mass is 9.92. The SMILES string of the molecule is O=C(O)CC1(NC(=O)c2ccc(CNC(=O)C3CCCC3)cc2)CCCC1. The summed E-state index contributed by atoms with van der Waals surface area (Å²) in [4.78, 5) is 35.8. The van der Waals surface area contributed by atoms with Gasteiger partial charge in [-0.05, 0) is 43.4 Å². The van der Waals surface area contributed by atoms with E-state index in [1.807, 2.05) is 12.1 Å². The number of nitrogens with one attached hydrogen (secondary N) is 2. The van der Waals surface area contributed by atoms with Gasteiger partial charge in [0.05, 0.1) is 12.0 Å². The number of hydrogen-bond acceptors (Lipinski definition) is 3. The number of carboxylic acids is 1. The first-order valence-electron chi connectivity index (χ1n) is 9.88. The van der Waals surface area contributed by atoms with Crippen molar-refractivity contribution >= 4 is 17.8 Å². The number of carbonyl (C=O) groups excluding carboxylic acids is 2. The molecule has 3 N–H and O–H groups in total. The van der Waals surface area contributed by atoms with Crippen molar-refractivity contribution in [2.24, 2.45) is 5.92 Å². The fraction of sp³-hybridized carbons (Fsp3) is 0.571.